The summed E-state index contributed by atoms with van der Waals surface area (Å²) in [4.78, 5) is 13.1. The van der Waals surface area contributed by atoms with Crippen molar-refractivity contribution >= 4 is 17.7 Å². The lowest BCUT2D eigenvalue weighted by atomic mass is 10.1. The fraction of sp³-hybridized carbons (Fsp3) is 0.588. The van der Waals surface area contributed by atoms with E-state index in [1.807, 2.05) is 18.2 Å². The Hall–Kier alpha value is -1.40. The topological polar surface area (TPSA) is 59.6 Å². The maximum atomic E-state index is 12.0. The van der Waals surface area contributed by atoms with Crippen molar-refractivity contribution in [3.8, 4) is 11.5 Å². The molecule has 1 saturated heterocycles. The van der Waals surface area contributed by atoms with Gasteiger partial charge in [-0.15, -0.1) is 11.8 Å². The Morgan fingerprint density at radius 3 is 2.96 bits per heavy atom. The number of ether oxygens (including phenoxy) is 2. The van der Waals surface area contributed by atoms with Gasteiger partial charge in [0.15, 0.2) is 11.5 Å². The van der Waals surface area contributed by atoms with Gasteiger partial charge >= 0.3 is 0 Å². The number of hydrogen-bond donors (Lipinski definition) is 2. The van der Waals surface area contributed by atoms with Crippen molar-refractivity contribution in [3.05, 3.63) is 18.2 Å². The Labute approximate surface area is 141 Å². The largest absolute Gasteiger partial charge is 0.490 e. The molecule has 23 heavy (non-hydrogen) atoms. The number of hydrogen-bond acceptors (Lipinski definition) is 5. The SMILES string of the molecule is O=C(CCSc1ccc2c(c1)OCCCO2)N[C@H]1CCCNC1. The van der Waals surface area contributed by atoms with E-state index in [2.05, 4.69) is 10.6 Å². The summed E-state index contributed by atoms with van der Waals surface area (Å²) < 4.78 is 11.3. The van der Waals surface area contributed by atoms with Crippen molar-refractivity contribution in [2.24, 2.45) is 0 Å². The first kappa shape index (κ1) is 16.5. The van der Waals surface area contributed by atoms with Crippen LogP contribution in [0.25, 0.3) is 0 Å². The van der Waals surface area contributed by atoms with E-state index >= 15 is 0 Å². The number of thioether (sulfide) groups is 1. The minimum absolute atomic E-state index is 0.139. The molecule has 1 fully saturated rings. The molecule has 0 unspecified atom stereocenters. The van der Waals surface area contributed by atoms with Crippen molar-refractivity contribution in [1.82, 2.24) is 10.6 Å². The number of rotatable bonds is 5. The standard InChI is InChI=1S/C17H24N2O3S/c20-17(19-13-3-1-7-18-12-13)6-10-23-14-4-5-15-16(11-14)22-9-2-8-21-15/h4-5,11,13,18H,1-3,6-10,12H2,(H,19,20)/t13-/m0/s1. The van der Waals surface area contributed by atoms with Gasteiger partial charge in [0, 0.05) is 36.1 Å². The van der Waals surface area contributed by atoms with E-state index in [9.17, 15) is 4.79 Å². The van der Waals surface area contributed by atoms with Crippen LogP contribution in [0.2, 0.25) is 0 Å². The van der Waals surface area contributed by atoms with Gasteiger partial charge in [0.25, 0.3) is 0 Å². The van der Waals surface area contributed by atoms with Gasteiger partial charge in [0.1, 0.15) is 0 Å². The molecule has 0 radical (unpaired) electrons. The van der Waals surface area contributed by atoms with E-state index < -0.39 is 0 Å². The number of nitrogens with one attached hydrogen (secondary N) is 2. The van der Waals surface area contributed by atoms with Crippen LogP contribution in [0.15, 0.2) is 23.1 Å². The lowest BCUT2D eigenvalue weighted by Crippen LogP contribution is -2.45. The third-order valence-electron chi connectivity index (χ3n) is 3.98. The minimum atomic E-state index is 0.139. The summed E-state index contributed by atoms with van der Waals surface area (Å²) in [7, 11) is 0. The summed E-state index contributed by atoms with van der Waals surface area (Å²) in [6, 6.07) is 6.28. The molecule has 1 aromatic rings. The van der Waals surface area contributed by atoms with Crippen molar-refractivity contribution in [2.45, 2.75) is 36.6 Å². The van der Waals surface area contributed by atoms with Gasteiger partial charge in [-0.2, -0.15) is 0 Å². The highest BCUT2D eigenvalue weighted by atomic mass is 32.2. The summed E-state index contributed by atoms with van der Waals surface area (Å²) in [6.45, 7) is 3.35. The molecule has 0 spiro atoms. The molecule has 1 amide bonds. The van der Waals surface area contributed by atoms with Gasteiger partial charge < -0.3 is 20.1 Å². The van der Waals surface area contributed by atoms with Crippen molar-refractivity contribution in [2.75, 3.05) is 32.1 Å². The number of fused-ring (bicyclic) bond motifs is 1. The van der Waals surface area contributed by atoms with Crippen LogP contribution in [0.5, 0.6) is 11.5 Å². The Kier molecular flexibility index (Phi) is 6.05. The normalized spacial score (nSPS) is 20.6. The molecule has 3 rings (SSSR count). The van der Waals surface area contributed by atoms with Gasteiger partial charge in [-0.3, -0.25) is 4.79 Å². The van der Waals surface area contributed by atoms with Crippen LogP contribution < -0.4 is 20.1 Å². The number of benzene rings is 1. The van der Waals surface area contributed by atoms with E-state index in [1.54, 1.807) is 11.8 Å². The molecule has 0 aromatic heterocycles. The van der Waals surface area contributed by atoms with Crippen LogP contribution in [0.1, 0.15) is 25.7 Å². The maximum Gasteiger partial charge on any atom is 0.221 e. The number of piperidine rings is 1. The zero-order chi connectivity index (χ0) is 15.9. The zero-order valence-electron chi connectivity index (χ0n) is 13.3. The molecule has 126 valence electrons. The molecule has 1 aromatic carbocycles. The zero-order valence-corrected chi connectivity index (χ0v) is 14.1. The highest BCUT2D eigenvalue weighted by Gasteiger charge is 2.15. The number of amides is 1. The monoisotopic (exact) mass is 336 g/mol. The molecule has 2 heterocycles. The average Bonchev–Trinajstić information content (AvgIpc) is 2.80. The summed E-state index contributed by atoms with van der Waals surface area (Å²) >= 11 is 1.68. The van der Waals surface area contributed by atoms with Gasteiger partial charge in [0.2, 0.25) is 5.91 Å². The Bertz CT molecular complexity index is 533. The summed E-state index contributed by atoms with van der Waals surface area (Å²) in [5, 5.41) is 6.41. The second-order valence-electron chi connectivity index (χ2n) is 5.87. The second-order valence-corrected chi connectivity index (χ2v) is 7.04. The highest BCUT2D eigenvalue weighted by molar-refractivity contribution is 7.99. The average molecular weight is 336 g/mol. The van der Waals surface area contributed by atoms with Crippen molar-refractivity contribution < 1.29 is 14.3 Å². The number of carbonyl (C=O) groups excluding carboxylic acids is 1. The highest BCUT2D eigenvalue weighted by Crippen LogP contribution is 2.33. The molecule has 0 bridgehead atoms. The molecule has 0 saturated carbocycles. The van der Waals surface area contributed by atoms with E-state index in [-0.39, 0.29) is 5.91 Å². The second kappa shape index (κ2) is 8.45. The molecule has 6 heteroatoms. The van der Waals surface area contributed by atoms with Crippen LogP contribution in [0, 0.1) is 0 Å². The lowest BCUT2D eigenvalue weighted by Gasteiger charge is -2.23. The Balaban J connectivity index is 1.43. The minimum Gasteiger partial charge on any atom is -0.490 e. The molecular formula is C17H24N2O3S. The third kappa shape index (κ3) is 5.04. The quantitative estimate of drug-likeness (QED) is 0.807. The van der Waals surface area contributed by atoms with Crippen LogP contribution in [0.4, 0.5) is 0 Å². The molecule has 1 atom stereocenters. The third-order valence-corrected chi connectivity index (χ3v) is 4.97. The molecule has 2 aliphatic rings. The fourth-order valence-electron chi connectivity index (χ4n) is 2.77. The Morgan fingerprint density at radius 1 is 1.26 bits per heavy atom. The van der Waals surface area contributed by atoms with Crippen LogP contribution in [0.3, 0.4) is 0 Å². The molecule has 0 aliphatic carbocycles. The van der Waals surface area contributed by atoms with Gasteiger partial charge in [-0.05, 0) is 37.6 Å². The summed E-state index contributed by atoms with van der Waals surface area (Å²) in [6.07, 6.45) is 3.66. The summed E-state index contributed by atoms with van der Waals surface area (Å²) in [5.74, 6) is 2.53. The summed E-state index contributed by atoms with van der Waals surface area (Å²) in [5.41, 5.74) is 0. The maximum absolute atomic E-state index is 12.0. The smallest absolute Gasteiger partial charge is 0.221 e. The van der Waals surface area contributed by atoms with E-state index in [4.69, 9.17) is 9.47 Å². The predicted octanol–water partition coefficient (Wildman–Crippen LogP) is 2.20. The Morgan fingerprint density at radius 2 is 2.13 bits per heavy atom. The first-order chi connectivity index (χ1) is 11.3. The first-order valence-electron chi connectivity index (χ1n) is 8.34. The van der Waals surface area contributed by atoms with Gasteiger partial charge in [-0.25, -0.2) is 0 Å². The van der Waals surface area contributed by atoms with Crippen LogP contribution >= 0.6 is 11.8 Å². The van der Waals surface area contributed by atoms with Gasteiger partial charge in [-0.1, -0.05) is 0 Å². The predicted molar refractivity (Wildman–Crippen MR) is 91.4 cm³/mol. The first-order valence-corrected chi connectivity index (χ1v) is 9.32. The fourth-order valence-corrected chi connectivity index (χ4v) is 3.65. The van der Waals surface area contributed by atoms with Crippen molar-refractivity contribution in [1.29, 1.82) is 0 Å². The van der Waals surface area contributed by atoms with Crippen molar-refractivity contribution in [3.63, 3.8) is 0 Å². The lowest BCUT2D eigenvalue weighted by molar-refractivity contribution is -0.121. The van der Waals surface area contributed by atoms with Crippen LogP contribution in [-0.4, -0.2) is 44.0 Å². The van der Waals surface area contributed by atoms with Crippen LogP contribution in [-0.2, 0) is 4.79 Å². The molecule has 2 N–H and O–H groups in total. The van der Waals surface area contributed by atoms with Gasteiger partial charge in [0.05, 0.1) is 13.2 Å². The van der Waals surface area contributed by atoms with E-state index in [0.717, 1.165) is 54.5 Å². The molecule has 2 aliphatic heterocycles. The van der Waals surface area contributed by atoms with E-state index in [1.165, 1.54) is 0 Å². The van der Waals surface area contributed by atoms with E-state index in [0.29, 0.717) is 25.7 Å². The molecule has 5 nitrogen and oxygen atoms in total. The molecular weight excluding hydrogens is 312 g/mol. The number of carbonyl (C=O) groups is 1.